The van der Waals surface area contributed by atoms with E-state index >= 15 is 0 Å². The van der Waals surface area contributed by atoms with Gasteiger partial charge < -0.3 is 4.74 Å². The Morgan fingerprint density at radius 1 is 1.38 bits per heavy atom. The molecule has 4 heteroatoms. The van der Waals surface area contributed by atoms with E-state index in [-0.39, 0.29) is 0 Å². The van der Waals surface area contributed by atoms with Gasteiger partial charge in [0.25, 0.3) is 0 Å². The van der Waals surface area contributed by atoms with Crippen molar-refractivity contribution in [1.29, 1.82) is 0 Å². The lowest BCUT2D eigenvalue weighted by atomic mass is 10.2. The van der Waals surface area contributed by atoms with Gasteiger partial charge in [0, 0.05) is 18.8 Å². The predicted octanol–water partition coefficient (Wildman–Crippen LogP) is 1.03. The highest BCUT2D eigenvalue weighted by molar-refractivity contribution is 7.82. The average Bonchev–Trinajstić information content (AvgIpc) is 2.15. The van der Waals surface area contributed by atoms with E-state index < -0.39 is 11.0 Å². The van der Waals surface area contributed by atoms with Crippen molar-refractivity contribution in [2.24, 2.45) is 5.92 Å². The number of morpholine rings is 1. The van der Waals surface area contributed by atoms with E-state index in [1.54, 1.807) is 0 Å². The maximum atomic E-state index is 11.7. The highest BCUT2D eigenvalue weighted by Crippen LogP contribution is 2.06. The summed E-state index contributed by atoms with van der Waals surface area (Å²) >= 11 is 0. The summed E-state index contributed by atoms with van der Waals surface area (Å²) in [5, 5.41) is 0. The summed E-state index contributed by atoms with van der Waals surface area (Å²) in [5.74, 6) is 1.45. The van der Waals surface area contributed by atoms with Crippen molar-refractivity contribution in [1.82, 2.24) is 4.31 Å². The van der Waals surface area contributed by atoms with E-state index in [4.69, 9.17) is 4.74 Å². The lowest BCUT2D eigenvalue weighted by Crippen LogP contribution is -2.38. The van der Waals surface area contributed by atoms with Gasteiger partial charge in [0.1, 0.15) is 0 Å². The van der Waals surface area contributed by atoms with Crippen LogP contribution in [0.3, 0.4) is 0 Å². The fourth-order valence-electron chi connectivity index (χ4n) is 1.22. The Morgan fingerprint density at radius 3 is 2.54 bits per heavy atom. The molecule has 1 rings (SSSR count). The van der Waals surface area contributed by atoms with E-state index in [0.29, 0.717) is 5.92 Å². The van der Waals surface area contributed by atoms with Gasteiger partial charge in [-0.1, -0.05) is 13.8 Å². The van der Waals surface area contributed by atoms with Crippen LogP contribution in [0.1, 0.15) is 20.3 Å². The standard InChI is InChI=1S/C9H19NO2S/c1-9(2)3-8-13(11)10-4-6-12-7-5-10/h9H,3-8H2,1-2H3. The Labute approximate surface area is 83.0 Å². The lowest BCUT2D eigenvalue weighted by Gasteiger charge is -2.25. The van der Waals surface area contributed by atoms with E-state index in [1.807, 2.05) is 4.31 Å². The van der Waals surface area contributed by atoms with Gasteiger partial charge in [0.2, 0.25) is 0 Å². The molecule has 13 heavy (non-hydrogen) atoms. The molecule has 1 aliphatic heterocycles. The molecule has 78 valence electrons. The lowest BCUT2D eigenvalue weighted by molar-refractivity contribution is 0.0752. The van der Waals surface area contributed by atoms with Crippen LogP contribution in [0.25, 0.3) is 0 Å². The van der Waals surface area contributed by atoms with Gasteiger partial charge in [-0.05, 0) is 12.3 Å². The van der Waals surface area contributed by atoms with Crippen molar-refractivity contribution >= 4 is 11.0 Å². The van der Waals surface area contributed by atoms with Gasteiger partial charge in [-0.15, -0.1) is 0 Å². The summed E-state index contributed by atoms with van der Waals surface area (Å²) in [6.45, 7) is 7.43. The molecule has 0 N–H and O–H groups in total. The fourth-order valence-corrected chi connectivity index (χ4v) is 2.70. The number of nitrogens with zero attached hydrogens (tertiary/aromatic N) is 1. The summed E-state index contributed by atoms with van der Waals surface area (Å²) in [6, 6.07) is 0. The molecule has 0 bridgehead atoms. The summed E-state index contributed by atoms with van der Waals surface area (Å²) in [4.78, 5) is 0. The zero-order valence-corrected chi connectivity index (χ0v) is 9.31. The molecule has 1 heterocycles. The van der Waals surface area contributed by atoms with Crippen molar-refractivity contribution in [3.63, 3.8) is 0 Å². The number of rotatable bonds is 4. The first-order valence-electron chi connectivity index (χ1n) is 4.91. The second kappa shape index (κ2) is 5.73. The highest BCUT2D eigenvalue weighted by Gasteiger charge is 2.16. The molecule has 0 radical (unpaired) electrons. The first kappa shape index (κ1) is 11.1. The van der Waals surface area contributed by atoms with E-state index in [9.17, 15) is 4.21 Å². The van der Waals surface area contributed by atoms with E-state index in [0.717, 1.165) is 38.5 Å². The maximum Gasteiger partial charge on any atom is 0.0944 e. The molecule has 1 atom stereocenters. The summed E-state index contributed by atoms with van der Waals surface area (Å²) < 4.78 is 18.9. The second-order valence-corrected chi connectivity index (χ2v) is 5.32. The van der Waals surface area contributed by atoms with Crippen LogP contribution >= 0.6 is 0 Å². The van der Waals surface area contributed by atoms with Gasteiger partial charge in [0.15, 0.2) is 0 Å². The zero-order chi connectivity index (χ0) is 9.68. The maximum absolute atomic E-state index is 11.7. The normalized spacial score (nSPS) is 22.1. The van der Waals surface area contributed by atoms with Crippen molar-refractivity contribution in [2.75, 3.05) is 32.1 Å². The van der Waals surface area contributed by atoms with Gasteiger partial charge in [-0.3, -0.25) is 0 Å². The van der Waals surface area contributed by atoms with Crippen LogP contribution < -0.4 is 0 Å². The molecule has 0 aromatic carbocycles. The van der Waals surface area contributed by atoms with Crippen molar-refractivity contribution in [3.05, 3.63) is 0 Å². The summed E-state index contributed by atoms with van der Waals surface area (Å²) in [6.07, 6.45) is 1.05. The third-order valence-corrected chi connectivity index (χ3v) is 3.65. The molecule has 0 aromatic heterocycles. The molecule has 1 fully saturated rings. The van der Waals surface area contributed by atoms with Crippen LogP contribution in [0.15, 0.2) is 0 Å². The summed E-state index contributed by atoms with van der Waals surface area (Å²) in [7, 11) is -0.774. The topological polar surface area (TPSA) is 29.5 Å². The molecule has 3 nitrogen and oxygen atoms in total. The minimum Gasteiger partial charge on any atom is -0.379 e. The fraction of sp³-hybridized carbons (Fsp3) is 1.00. The minimum atomic E-state index is -0.774. The van der Waals surface area contributed by atoms with Crippen LogP contribution in [-0.2, 0) is 15.7 Å². The molecular weight excluding hydrogens is 186 g/mol. The Kier molecular flexibility index (Phi) is 4.91. The Hall–Kier alpha value is 0.0700. The molecule has 1 unspecified atom stereocenters. The van der Waals surface area contributed by atoms with Crippen LogP contribution in [0.4, 0.5) is 0 Å². The molecule has 0 spiro atoms. The quantitative estimate of drug-likeness (QED) is 0.686. The predicted molar refractivity (Wildman–Crippen MR) is 54.9 cm³/mol. The number of hydrogen-bond donors (Lipinski definition) is 0. The van der Waals surface area contributed by atoms with E-state index in [1.165, 1.54) is 0 Å². The zero-order valence-electron chi connectivity index (χ0n) is 8.49. The molecule has 0 aliphatic carbocycles. The minimum absolute atomic E-state index is 0.644. The van der Waals surface area contributed by atoms with Crippen LogP contribution in [0.5, 0.6) is 0 Å². The number of ether oxygens (including phenoxy) is 1. The van der Waals surface area contributed by atoms with Crippen LogP contribution in [0, 0.1) is 5.92 Å². The molecule has 1 saturated heterocycles. The third kappa shape index (κ3) is 4.20. The van der Waals surface area contributed by atoms with Gasteiger partial charge in [0.05, 0.1) is 24.2 Å². The number of hydrogen-bond acceptors (Lipinski definition) is 2. The van der Waals surface area contributed by atoms with Crippen LogP contribution in [-0.4, -0.2) is 40.6 Å². The van der Waals surface area contributed by atoms with Gasteiger partial charge in [-0.25, -0.2) is 8.51 Å². The highest BCUT2D eigenvalue weighted by atomic mass is 32.2. The van der Waals surface area contributed by atoms with Gasteiger partial charge >= 0.3 is 0 Å². The largest absolute Gasteiger partial charge is 0.379 e. The summed E-state index contributed by atoms with van der Waals surface area (Å²) in [5.41, 5.74) is 0. The Morgan fingerprint density at radius 2 is 2.00 bits per heavy atom. The van der Waals surface area contributed by atoms with Crippen molar-refractivity contribution < 1.29 is 8.95 Å². The monoisotopic (exact) mass is 205 g/mol. The third-order valence-electron chi connectivity index (χ3n) is 2.13. The van der Waals surface area contributed by atoms with Crippen LogP contribution in [0.2, 0.25) is 0 Å². The second-order valence-electron chi connectivity index (χ2n) is 3.75. The molecule has 1 aliphatic rings. The first-order chi connectivity index (χ1) is 6.20. The molecular formula is C9H19NO2S. The first-order valence-corrected chi connectivity index (χ1v) is 6.19. The smallest absolute Gasteiger partial charge is 0.0944 e. The van der Waals surface area contributed by atoms with Crippen molar-refractivity contribution in [3.8, 4) is 0 Å². The molecule has 0 aromatic rings. The van der Waals surface area contributed by atoms with Crippen molar-refractivity contribution in [2.45, 2.75) is 20.3 Å². The Bertz CT molecular complexity index is 167. The Balaban J connectivity index is 2.21. The van der Waals surface area contributed by atoms with E-state index in [2.05, 4.69) is 13.8 Å². The SMILES string of the molecule is CC(C)CCS(=O)N1CCOCC1. The molecule has 0 amide bonds. The van der Waals surface area contributed by atoms with Gasteiger partial charge in [-0.2, -0.15) is 0 Å². The molecule has 0 saturated carbocycles. The average molecular weight is 205 g/mol.